The number of piperazine rings is 1. The zero-order valence-corrected chi connectivity index (χ0v) is 33.9. The Hall–Kier alpha value is -5.49. The molecule has 6 aliphatic rings. The molecule has 1 atom stereocenters. The number of nitrogens with zero attached hydrogens (tertiary/aromatic N) is 7. The fourth-order valence-corrected chi connectivity index (χ4v) is 10.1. The number of amides is 5. The molecule has 306 valence electrons. The molecule has 3 aromatic carbocycles. The Morgan fingerprint density at radius 1 is 0.797 bits per heavy atom. The maximum atomic E-state index is 13.6. The highest BCUT2D eigenvalue weighted by molar-refractivity contribution is 6.33. The van der Waals surface area contributed by atoms with Gasteiger partial charge in [-0.25, -0.2) is 4.85 Å². The molecule has 0 bridgehead atoms. The Kier molecular flexibility index (Phi) is 10.1. The van der Waals surface area contributed by atoms with Crippen LogP contribution in [0.15, 0.2) is 60.7 Å². The summed E-state index contributed by atoms with van der Waals surface area (Å²) in [5, 5.41) is 2.73. The highest BCUT2D eigenvalue weighted by Gasteiger charge is 2.48. The third kappa shape index (κ3) is 7.19. The first-order chi connectivity index (χ1) is 28.5. The smallest absolute Gasteiger partial charge is 0.262 e. The number of methoxy groups -OCH3 is 1. The number of piperidine rings is 2. The molecule has 59 heavy (non-hydrogen) atoms. The monoisotopic (exact) mass is 818 g/mol. The van der Waals surface area contributed by atoms with Crippen molar-refractivity contribution >= 4 is 63.9 Å². The average molecular weight is 819 g/mol. The Morgan fingerprint density at radius 3 is 2.14 bits per heavy atom. The molecule has 5 amide bonds. The van der Waals surface area contributed by atoms with Crippen LogP contribution in [0, 0.1) is 12.0 Å². The lowest BCUT2D eigenvalue weighted by molar-refractivity contribution is -0.136. The van der Waals surface area contributed by atoms with Gasteiger partial charge in [0.2, 0.25) is 17.5 Å². The van der Waals surface area contributed by atoms with E-state index in [0.717, 1.165) is 100 Å². The zero-order chi connectivity index (χ0) is 41.1. The van der Waals surface area contributed by atoms with Gasteiger partial charge >= 0.3 is 0 Å². The summed E-state index contributed by atoms with van der Waals surface area (Å²) in [5.41, 5.74) is 4.50. The Balaban J connectivity index is 0.741. The molecule has 1 spiro atoms. The van der Waals surface area contributed by atoms with Crippen molar-refractivity contribution < 1.29 is 28.7 Å². The van der Waals surface area contributed by atoms with Crippen molar-refractivity contribution in [1.29, 1.82) is 0 Å². The molecule has 6 aliphatic heterocycles. The molecule has 0 aliphatic carbocycles. The first-order valence-electron chi connectivity index (χ1n) is 20.4. The molecule has 1 unspecified atom stereocenters. The number of hydrogen-bond acceptors (Lipinski definition) is 10. The van der Waals surface area contributed by atoms with E-state index in [0.29, 0.717) is 29.4 Å². The molecule has 14 nitrogen and oxygen atoms in total. The van der Waals surface area contributed by atoms with E-state index in [1.165, 1.54) is 0 Å². The third-order valence-electron chi connectivity index (χ3n) is 13.5. The van der Waals surface area contributed by atoms with E-state index in [9.17, 15) is 24.0 Å². The molecular formula is C44H47ClN8O6. The van der Waals surface area contributed by atoms with E-state index >= 15 is 0 Å². The van der Waals surface area contributed by atoms with Crippen molar-refractivity contribution in [1.82, 2.24) is 20.0 Å². The Morgan fingerprint density at radius 2 is 1.46 bits per heavy atom. The quantitative estimate of drug-likeness (QED) is 0.257. The van der Waals surface area contributed by atoms with E-state index in [2.05, 4.69) is 41.9 Å². The summed E-state index contributed by atoms with van der Waals surface area (Å²) < 4.78 is 6.09. The van der Waals surface area contributed by atoms with E-state index in [-0.39, 0.29) is 40.9 Å². The van der Waals surface area contributed by atoms with Gasteiger partial charge in [-0.2, -0.15) is 0 Å². The number of carbonyl (C=O) groups excluding carboxylic acids is 5. The molecule has 0 saturated carbocycles. The molecule has 3 aromatic rings. The largest absolute Gasteiger partial charge is 0.373 e. The van der Waals surface area contributed by atoms with Gasteiger partial charge in [-0.1, -0.05) is 17.7 Å². The van der Waals surface area contributed by atoms with Crippen molar-refractivity contribution in [3.8, 4) is 0 Å². The summed E-state index contributed by atoms with van der Waals surface area (Å²) in [6, 6.07) is 17.9. The van der Waals surface area contributed by atoms with Crippen LogP contribution < -0.4 is 20.0 Å². The SMILES string of the molecule is [C-]#[N+]c1ccc(N2CCC3(CCN(C(=O)c4ccc(N5CCN(CC6(OC)CN(c7ccc8c(c7)C(=O)N(C7CCC(=O)NC7=O)C8=O)C6)CC5)cc4)CC3)C2)cc1Cl. The van der Waals surface area contributed by atoms with Crippen molar-refractivity contribution in [3.63, 3.8) is 0 Å². The van der Waals surface area contributed by atoms with Crippen LogP contribution in [0.3, 0.4) is 0 Å². The van der Waals surface area contributed by atoms with Gasteiger partial charge < -0.3 is 24.3 Å². The predicted molar refractivity (Wildman–Crippen MR) is 222 cm³/mol. The fraction of sp³-hybridized carbons (Fsp3) is 0.455. The average Bonchev–Trinajstić information content (AvgIpc) is 3.76. The number of carbonyl (C=O) groups is 5. The third-order valence-corrected chi connectivity index (χ3v) is 13.8. The fourth-order valence-electron chi connectivity index (χ4n) is 9.88. The molecule has 1 N–H and O–H groups in total. The summed E-state index contributed by atoms with van der Waals surface area (Å²) in [6.07, 6.45) is 3.23. The number of nitrogens with one attached hydrogen (secondary N) is 1. The normalized spacial score (nSPS) is 22.7. The molecule has 15 heteroatoms. The predicted octanol–water partition coefficient (Wildman–Crippen LogP) is 4.45. The first kappa shape index (κ1) is 39.0. The van der Waals surface area contributed by atoms with Crippen LogP contribution in [-0.2, 0) is 14.3 Å². The van der Waals surface area contributed by atoms with Crippen LogP contribution in [0.1, 0.15) is 63.2 Å². The van der Waals surface area contributed by atoms with Crippen molar-refractivity contribution in [3.05, 3.63) is 93.8 Å². The topological polar surface area (TPSA) is 130 Å². The van der Waals surface area contributed by atoms with Gasteiger partial charge in [0.25, 0.3) is 17.7 Å². The lowest BCUT2D eigenvalue weighted by atomic mass is 9.77. The first-order valence-corrected chi connectivity index (χ1v) is 20.8. The van der Waals surface area contributed by atoms with Gasteiger partial charge in [-0.05, 0) is 85.7 Å². The Labute approximate surface area is 348 Å². The van der Waals surface area contributed by atoms with E-state index < -0.39 is 29.7 Å². The van der Waals surface area contributed by atoms with Crippen LogP contribution in [-0.4, -0.2) is 135 Å². The molecule has 9 rings (SSSR count). The van der Waals surface area contributed by atoms with Gasteiger partial charge in [0.1, 0.15) is 11.6 Å². The number of likely N-dealkylation sites (tertiary alicyclic amines) is 1. The van der Waals surface area contributed by atoms with Gasteiger partial charge in [-0.3, -0.25) is 39.1 Å². The maximum Gasteiger partial charge on any atom is 0.262 e. The second kappa shape index (κ2) is 15.3. The highest BCUT2D eigenvalue weighted by Crippen LogP contribution is 2.43. The number of benzene rings is 3. The summed E-state index contributed by atoms with van der Waals surface area (Å²) in [5.74, 6) is -1.96. The number of halogens is 1. The summed E-state index contributed by atoms with van der Waals surface area (Å²) in [6.45, 7) is 16.1. The second-order valence-electron chi connectivity index (χ2n) is 16.9. The number of anilines is 3. The number of imide groups is 2. The number of hydrogen-bond donors (Lipinski definition) is 1. The maximum absolute atomic E-state index is 13.6. The van der Waals surface area contributed by atoms with Gasteiger partial charge in [0.15, 0.2) is 0 Å². The zero-order valence-electron chi connectivity index (χ0n) is 33.1. The molecular weight excluding hydrogens is 772 g/mol. The number of fused-ring (bicyclic) bond motifs is 1. The van der Waals surface area contributed by atoms with Crippen LogP contribution in [0.4, 0.5) is 22.7 Å². The van der Waals surface area contributed by atoms with E-state index in [4.69, 9.17) is 22.9 Å². The lowest BCUT2D eigenvalue weighted by Crippen LogP contribution is -2.68. The summed E-state index contributed by atoms with van der Waals surface area (Å²) in [4.78, 5) is 80.0. The van der Waals surface area contributed by atoms with E-state index in [1.807, 2.05) is 35.2 Å². The van der Waals surface area contributed by atoms with Crippen LogP contribution >= 0.6 is 11.6 Å². The van der Waals surface area contributed by atoms with Crippen LogP contribution in [0.2, 0.25) is 5.02 Å². The molecule has 0 radical (unpaired) electrons. The Bertz CT molecular complexity index is 2260. The summed E-state index contributed by atoms with van der Waals surface area (Å²) >= 11 is 6.33. The van der Waals surface area contributed by atoms with Crippen molar-refractivity contribution in [2.45, 2.75) is 43.7 Å². The minimum absolute atomic E-state index is 0.0785. The summed E-state index contributed by atoms with van der Waals surface area (Å²) in [7, 11) is 1.74. The van der Waals surface area contributed by atoms with Crippen molar-refractivity contribution in [2.24, 2.45) is 5.41 Å². The van der Waals surface area contributed by atoms with Crippen molar-refractivity contribution in [2.75, 3.05) is 93.8 Å². The molecule has 5 saturated heterocycles. The van der Waals surface area contributed by atoms with E-state index in [1.54, 1.807) is 25.3 Å². The molecule has 0 aromatic heterocycles. The number of ether oxygens (including phenoxy) is 1. The highest BCUT2D eigenvalue weighted by atomic mass is 35.5. The standard InChI is InChI=1S/C44H47ClN8O6/c1-46-36-10-8-32(24-35(36)45)51-18-15-43(25-51)13-16-50(17-14-43)40(56)29-3-5-30(6-4-29)49-21-19-48(20-22-49)26-44(59-2)27-52(28-44)31-7-9-33-34(23-31)42(58)53(41(33)57)37-11-12-38(54)47-39(37)55/h3-10,23-24,37H,11-22,25-28H2,2H3,(H,47,54,55). The second-order valence-corrected chi connectivity index (χ2v) is 17.3. The minimum atomic E-state index is -0.994. The lowest BCUT2D eigenvalue weighted by Gasteiger charge is -2.52. The van der Waals surface area contributed by atoms with Gasteiger partial charge in [0.05, 0.1) is 30.8 Å². The number of rotatable bonds is 8. The minimum Gasteiger partial charge on any atom is -0.373 e. The van der Waals surface area contributed by atoms with Gasteiger partial charge in [-0.15, -0.1) is 0 Å². The molecule has 6 heterocycles. The molecule has 5 fully saturated rings. The van der Waals surface area contributed by atoms with Gasteiger partial charge in [0, 0.05) is 100 Å². The van der Waals surface area contributed by atoms with Crippen LogP contribution in [0.25, 0.3) is 4.85 Å². The van der Waals surface area contributed by atoms with Crippen LogP contribution in [0.5, 0.6) is 0 Å².